The number of nitrogens with zero attached hydrogens (tertiary/aromatic N) is 4. The lowest BCUT2D eigenvalue weighted by atomic mass is 10.0. The molecule has 1 aliphatic rings. The first kappa shape index (κ1) is 31.5. The summed E-state index contributed by atoms with van der Waals surface area (Å²) in [5.74, 6) is -0.280. The molecule has 3 atom stereocenters. The summed E-state index contributed by atoms with van der Waals surface area (Å²) in [4.78, 5) is 19.1. The van der Waals surface area contributed by atoms with Crippen molar-refractivity contribution in [2.45, 2.75) is 49.3 Å². The van der Waals surface area contributed by atoms with E-state index in [9.17, 15) is 26.7 Å². The molecule has 3 aromatic rings. The van der Waals surface area contributed by atoms with E-state index in [1.165, 1.54) is 42.1 Å². The zero-order valence-electron chi connectivity index (χ0n) is 24.3. The van der Waals surface area contributed by atoms with Gasteiger partial charge < -0.3 is 19.3 Å². The fraction of sp³-hybridized carbons (Fsp3) is 0.429. The Hall–Kier alpha value is -3.46. The molecule has 228 valence electrons. The SMILES string of the molecule is Cc1ccc(S(=O)(=O)Nc2ccc3c(c2)CC(=O)N([C@@H](C)CO)C[C@@H](C)[C@H](CN(C)S(=O)(=O)c2cn(C)cn2)O3)cc1. The van der Waals surface area contributed by atoms with Crippen molar-refractivity contribution in [3.05, 3.63) is 66.1 Å². The number of aliphatic hydroxyl groups is 1. The normalized spacial score (nSPS) is 18.9. The number of benzene rings is 2. The Morgan fingerprint density at radius 3 is 2.48 bits per heavy atom. The van der Waals surface area contributed by atoms with Gasteiger partial charge in [0.05, 0.1) is 36.8 Å². The molecule has 0 spiro atoms. The standard InChI is InChI=1S/C28H37N5O7S2/c1-19-6-9-24(10-7-19)41(36,37)30-23-8-11-25-22(12-23)13-28(35)33(21(3)17-34)14-20(2)26(40-25)15-32(5)42(38,39)27-16-31(4)18-29-27/h6-12,16,18,20-21,26,30,34H,13-15,17H2,1-5H3/t20-,21+,26+/m1/s1. The van der Waals surface area contributed by atoms with Gasteiger partial charge in [0.1, 0.15) is 11.9 Å². The van der Waals surface area contributed by atoms with Crippen molar-refractivity contribution in [2.75, 3.05) is 31.5 Å². The summed E-state index contributed by atoms with van der Waals surface area (Å²) in [5, 5.41) is 9.77. The van der Waals surface area contributed by atoms with E-state index in [-0.39, 0.29) is 53.6 Å². The number of aromatic nitrogens is 2. The van der Waals surface area contributed by atoms with Gasteiger partial charge >= 0.3 is 0 Å². The number of aryl methyl sites for hydroxylation is 2. The van der Waals surface area contributed by atoms with Crippen LogP contribution in [0.5, 0.6) is 5.75 Å². The number of fused-ring (bicyclic) bond motifs is 1. The van der Waals surface area contributed by atoms with Crippen molar-refractivity contribution >= 4 is 31.6 Å². The maximum Gasteiger partial charge on any atom is 0.261 e. The molecule has 14 heteroatoms. The molecule has 4 rings (SSSR count). The number of hydrogen-bond acceptors (Lipinski definition) is 8. The van der Waals surface area contributed by atoms with Crippen LogP contribution in [0.2, 0.25) is 0 Å². The maximum atomic E-state index is 13.5. The minimum atomic E-state index is -3.93. The highest BCUT2D eigenvalue weighted by atomic mass is 32.2. The van der Waals surface area contributed by atoms with E-state index in [0.29, 0.717) is 11.3 Å². The first-order valence-corrected chi connectivity index (χ1v) is 16.4. The quantitative estimate of drug-likeness (QED) is 0.369. The summed E-state index contributed by atoms with van der Waals surface area (Å²) in [6, 6.07) is 10.6. The topological polar surface area (TPSA) is 151 Å². The molecule has 0 saturated carbocycles. The molecule has 2 aromatic carbocycles. The highest BCUT2D eigenvalue weighted by molar-refractivity contribution is 7.92. The Bertz CT molecular complexity index is 1640. The largest absolute Gasteiger partial charge is 0.488 e. The predicted molar refractivity (Wildman–Crippen MR) is 157 cm³/mol. The minimum Gasteiger partial charge on any atom is -0.488 e. The second-order valence-electron chi connectivity index (χ2n) is 10.8. The fourth-order valence-corrected chi connectivity index (χ4v) is 6.87. The average Bonchev–Trinajstić information content (AvgIpc) is 3.39. The van der Waals surface area contributed by atoms with Gasteiger partial charge in [-0.1, -0.05) is 24.6 Å². The van der Waals surface area contributed by atoms with Crippen molar-refractivity contribution in [1.82, 2.24) is 18.8 Å². The Morgan fingerprint density at radius 2 is 1.86 bits per heavy atom. The monoisotopic (exact) mass is 619 g/mol. The van der Waals surface area contributed by atoms with Gasteiger partial charge in [0.15, 0.2) is 5.03 Å². The molecule has 2 N–H and O–H groups in total. The zero-order chi connectivity index (χ0) is 30.8. The molecule has 0 aliphatic carbocycles. The van der Waals surface area contributed by atoms with E-state index in [1.54, 1.807) is 47.7 Å². The van der Waals surface area contributed by atoms with Gasteiger partial charge in [0.2, 0.25) is 5.91 Å². The lowest BCUT2D eigenvalue weighted by Crippen LogP contribution is -2.48. The van der Waals surface area contributed by atoms with Gasteiger partial charge in [0.25, 0.3) is 20.0 Å². The van der Waals surface area contributed by atoms with E-state index in [2.05, 4.69) is 9.71 Å². The number of rotatable bonds is 9. The van der Waals surface area contributed by atoms with Gasteiger partial charge in [0, 0.05) is 44.0 Å². The number of imidazole rings is 1. The molecule has 0 fully saturated rings. The molecule has 0 radical (unpaired) electrons. The second-order valence-corrected chi connectivity index (χ2v) is 14.5. The van der Waals surface area contributed by atoms with E-state index in [0.717, 1.165) is 5.56 Å². The predicted octanol–water partition coefficient (Wildman–Crippen LogP) is 2.00. The fourth-order valence-electron chi connectivity index (χ4n) is 4.68. The zero-order valence-corrected chi connectivity index (χ0v) is 25.9. The van der Waals surface area contributed by atoms with Crippen molar-refractivity contribution in [1.29, 1.82) is 0 Å². The van der Waals surface area contributed by atoms with Gasteiger partial charge in [-0.3, -0.25) is 9.52 Å². The molecular weight excluding hydrogens is 582 g/mol. The maximum absolute atomic E-state index is 13.5. The lowest BCUT2D eigenvalue weighted by Gasteiger charge is -2.33. The molecule has 0 unspecified atom stereocenters. The van der Waals surface area contributed by atoms with Crippen LogP contribution in [0.1, 0.15) is 25.0 Å². The van der Waals surface area contributed by atoms with Gasteiger partial charge in [-0.25, -0.2) is 21.8 Å². The van der Waals surface area contributed by atoms with Crippen LogP contribution in [0.15, 0.2) is 64.9 Å². The summed E-state index contributed by atoms with van der Waals surface area (Å²) in [6.07, 6.45) is 2.01. The average molecular weight is 620 g/mol. The van der Waals surface area contributed by atoms with Gasteiger partial charge in [-0.2, -0.15) is 4.31 Å². The molecule has 1 amide bonds. The number of carbonyl (C=O) groups is 1. The number of likely N-dealkylation sites (N-methyl/N-ethyl adjacent to an activating group) is 1. The second kappa shape index (κ2) is 12.4. The van der Waals surface area contributed by atoms with Crippen LogP contribution in [-0.4, -0.2) is 85.5 Å². The molecule has 1 aliphatic heterocycles. The molecule has 0 bridgehead atoms. The van der Waals surface area contributed by atoms with Crippen LogP contribution in [0, 0.1) is 12.8 Å². The molecule has 2 heterocycles. The molecule has 0 saturated heterocycles. The van der Waals surface area contributed by atoms with Crippen molar-refractivity contribution in [3.8, 4) is 5.75 Å². The van der Waals surface area contributed by atoms with Crippen LogP contribution in [0.4, 0.5) is 5.69 Å². The number of sulfonamides is 2. The summed E-state index contributed by atoms with van der Waals surface area (Å²) >= 11 is 0. The summed E-state index contributed by atoms with van der Waals surface area (Å²) in [7, 11) is -4.71. The minimum absolute atomic E-state index is 0.0448. The highest BCUT2D eigenvalue weighted by Gasteiger charge is 2.34. The van der Waals surface area contributed by atoms with Crippen LogP contribution in [0.25, 0.3) is 0 Å². The van der Waals surface area contributed by atoms with Crippen molar-refractivity contribution < 1.29 is 31.5 Å². The number of amides is 1. The van der Waals surface area contributed by atoms with Crippen LogP contribution >= 0.6 is 0 Å². The molecule has 42 heavy (non-hydrogen) atoms. The number of anilines is 1. The van der Waals surface area contributed by atoms with Crippen LogP contribution in [0.3, 0.4) is 0 Å². The number of nitrogens with one attached hydrogen (secondary N) is 1. The third-order valence-electron chi connectivity index (χ3n) is 7.29. The van der Waals surface area contributed by atoms with Crippen LogP contribution in [-0.2, 0) is 38.3 Å². The summed E-state index contributed by atoms with van der Waals surface area (Å²) in [6.45, 7) is 5.34. The first-order valence-electron chi connectivity index (χ1n) is 13.4. The van der Waals surface area contributed by atoms with Crippen LogP contribution < -0.4 is 9.46 Å². The lowest BCUT2D eigenvalue weighted by molar-refractivity contribution is -0.134. The number of carbonyl (C=O) groups excluding carboxylic acids is 1. The smallest absolute Gasteiger partial charge is 0.261 e. The Balaban J connectivity index is 1.68. The first-order chi connectivity index (χ1) is 19.7. The molecule has 12 nitrogen and oxygen atoms in total. The van der Waals surface area contributed by atoms with Gasteiger partial charge in [-0.15, -0.1) is 0 Å². The third-order valence-corrected chi connectivity index (χ3v) is 10.4. The number of aliphatic hydroxyl groups excluding tert-OH is 1. The van der Waals surface area contributed by atoms with Gasteiger partial charge in [-0.05, 0) is 44.2 Å². The Morgan fingerprint density at radius 1 is 1.17 bits per heavy atom. The number of ether oxygens (including phenoxy) is 1. The molecule has 1 aromatic heterocycles. The van der Waals surface area contributed by atoms with E-state index < -0.39 is 32.2 Å². The van der Waals surface area contributed by atoms with E-state index >= 15 is 0 Å². The van der Waals surface area contributed by atoms with E-state index in [1.807, 2.05) is 13.8 Å². The number of hydrogen-bond donors (Lipinski definition) is 2. The van der Waals surface area contributed by atoms with E-state index in [4.69, 9.17) is 4.74 Å². The summed E-state index contributed by atoms with van der Waals surface area (Å²) < 4.78 is 64.1. The highest BCUT2D eigenvalue weighted by Crippen LogP contribution is 2.30. The molecular formula is C28H37N5O7S2. The summed E-state index contributed by atoms with van der Waals surface area (Å²) in [5.41, 5.74) is 1.59. The van der Waals surface area contributed by atoms with Crippen molar-refractivity contribution in [2.24, 2.45) is 13.0 Å². The Labute approximate surface area is 247 Å². The third kappa shape index (κ3) is 6.94. The Kier molecular flexibility index (Phi) is 9.30. The van der Waals surface area contributed by atoms with Crippen molar-refractivity contribution in [3.63, 3.8) is 0 Å².